The van der Waals surface area contributed by atoms with Crippen LogP contribution in [0.4, 0.5) is 0 Å². The summed E-state index contributed by atoms with van der Waals surface area (Å²) in [6.07, 6.45) is -1.00. The van der Waals surface area contributed by atoms with Crippen molar-refractivity contribution in [3.63, 3.8) is 0 Å². The van der Waals surface area contributed by atoms with E-state index in [-0.39, 0.29) is 50.0 Å². The van der Waals surface area contributed by atoms with Gasteiger partial charge < -0.3 is 65.0 Å². The van der Waals surface area contributed by atoms with Crippen molar-refractivity contribution >= 4 is 65.9 Å². The number of aliphatic imine (C=N–C) groups is 1. The first-order valence-electron chi connectivity index (χ1n) is 17.6. The number of primary amides is 1. The maximum atomic E-state index is 13.6. The van der Waals surface area contributed by atoms with Gasteiger partial charge in [-0.1, -0.05) is 13.8 Å². The highest BCUT2D eigenvalue weighted by Gasteiger charge is 2.34. The third-order valence-corrected chi connectivity index (χ3v) is 8.11. The number of carbonyl (C=O) groups excluding carboxylic acids is 7. The zero-order chi connectivity index (χ0) is 41.5. The van der Waals surface area contributed by atoms with Crippen molar-refractivity contribution in [2.45, 2.75) is 121 Å². The normalized spacial score (nSPS) is 14.8. The zero-order valence-corrected chi connectivity index (χ0v) is 32.2. The van der Waals surface area contributed by atoms with E-state index in [0.717, 1.165) is 6.92 Å². The van der Waals surface area contributed by atoms with Crippen molar-refractivity contribution in [1.82, 2.24) is 31.9 Å². The molecule has 0 aliphatic heterocycles. The van der Waals surface area contributed by atoms with Crippen molar-refractivity contribution in [3.8, 4) is 0 Å². The average molecular weight is 790 g/mol. The fraction of sp³-hybridized carbons (Fsp3) is 0.719. The number of aliphatic carboxylic acids is 1. The van der Waals surface area contributed by atoms with Gasteiger partial charge in [-0.2, -0.15) is 12.6 Å². The number of hydrogen-bond donors (Lipinski definition) is 13. The van der Waals surface area contributed by atoms with Crippen molar-refractivity contribution in [2.75, 3.05) is 18.8 Å². The van der Waals surface area contributed by atoms with Crippen LogP contribution in [0.3, 0.4) is 0 Å². The molecule has 0 aliphatic rings. The molecule has 0 aromatic carbocycles. The first-order valence-corrected chi connectivity index (χ1v) is 18.2. The van der Waals surface area contributed by atoms with Gasteiger partial charge in [0.25, 0.3) is 0 Å². The Balaban J connectivity index is 6.19. The fourth-order valence-electron chi connectivity index (χ4n) is 4.96. The number of rotatable bonds is 27. The van der Waals surface area contributed by atoms with Gasteiger partial charge in [0.05, 0.1) is 6.10 Å². The second-order valence-corrected chi connectivity index (χ2v) is 13.5. The predicted octanol–water partition coefficient (Wildman–Crippen LogP) is -4.20. The lowest BCUT2D eigenvalue weighted by Crippen LogP contribution is -2.60. The lowest BCUT2D eigenvalue weighted by molar-refractivity contribution is -0.138. The van der Waals surface area contributed by atoms with Crippen LogP contribution >= 0.6 is 12.6 Å². The Bertz CT molecular complexity index is 1310. The van der Waals surface area contributed by atoms with E-state index in [4.69, 9.17) is 22.9 Å². The van der Waals surface area contributed by atoms with Crippen LogP contribution in [0.1, 0.15) is 79.1 Å². The number of guanidine groups is 1. The maximum absolute atomic E-state index is 13.6. The highest BCUT2D eigenvalue weighted by molar-refractivity contribution is 7.80. The van der Waals surface area contributed by atoms with Gasteiger partial charge in [-0.25, -0.2) is 0 Å². The van der Waals surface area contributed by atoms with Gasteiger partial charge in [0.15, 0.2) is 5.96 Å². The van der Waals surface area contributed by atoms with Crippen molar-refractivity contribution in [1.29, 1.82) is 0 Å². The Morgan fingerprint density at radius 3 is 1.61 bits per heavy atom. The molecule has 308 valence electrons. The number of carboxylic acids is 1. The van der Waals surface area contributed by atoms with E-state index in [9.17, 15) is 48.6 Å². The smallest absolute Gasteiger partial charge is 0.303 e. The van der Waals surface area contributed by atoms with Crippen molar-refractivity contribution < 1.29 is 48.6 Å². The summed E-state index contributed by atoms with van der Waals surface area (Å²) in [6, 6.07) is -7.90. The summed E-state index contributed by atoms with van der Waals surface area (Å²) in [7, 11) is 0. The maximum Gasteiger partial charge on any atom is 0.303 e. The number of unbranched alkanes of at least 4 members (excludes halogenated alkanes) is 1. The molecule has 22 heteroatoms. The molecule has 0 saturated heterocycles. The molecule has 7 amide bonds. The Hall–Kier alpha value is -4.70. The quantitative estimate of drug-likeness (QED) is 0.0163. The highest BCUT2D eigenvalue weighted by atomic mass is 32.1. The van der Waals surface area contributed by atoms with Gasteiger partial charge in [0.1, 0.15) is 36.3 Å². The van der Waals surface area contributed by atoms with Gasteiger partial charge >= 0.3 is 5.97 Å². The molecule has 54 heavy (non-hydrogen) atoms. The Labute approximate surface area is 320 Å². The van der Waals surface area contributed by atoms with Gasteiger partial charge in [0, 0.05) is 25.6 Å². The fourth-order valence-corrected chi connectivity index (χ4v) is 5.22. The summed E-state index contributed by atoms with van der Waals surface area (Å²) in [5, 5.41) is 34.0. The number of nitrogens with one attached hydrogen (secondary N) is 6. The number of nitrogens with zero attached hydrogens (tertiary/aromatic N) is 1. The Morgan fingerprint density at radius 2 is 1.15 bits per heavy atom. The third kappa shape index (κ3) is 20.5. The molecule has 0 bridgehead atoms. The minimum Gasteiger partial charge on any atom is -0.481 e. The van der Waals surface area contributed by atoms with Crippen molar-refractivity contribution in [3.05, 3.63) is 0 Å². The summed E-state index contributed by atoms with van der Waals surface area (Å²) in [5.41, 5.74) is 21.7. The van der Waals surface area contributed by atoms with E-state index in [1.807, 2.05) is 0 Å². The van der Waals surface area contributed by atoms with Crippen LogP contribution in [-0.4, -0.2) is 125 Å². The first kappa shape index (κ1) is 49.3. The lowest BCUT2D eigenvalue weighted by atomic mass is 10.0. The molecule has 0 radical (unpaired) electrons. The molecule has 0 aromatic rings. The summed E-state index contributed by atoms with van der Waals surface area (Å²) < 4.78 is 0. The molecular weight excluding hydrogens is 730 g/mol. The Morgan fingerprint density at radius 1 is 0.667 bits per heavy atom. The number of aliphatic hydroxyl groups is 1. The molecule has 0 fully saturated rings. The van der Waals surface area contributed by atoms with E-state index >= 15 is 0 Å². The number of carboxylic acid groups (broad SMARTS) is 1. The van der Waals surface area contributed by atoms with Gasteiger partial charge in [-0.05, 0) is 64.3 Å². The number of carbonyl (C=O) groups is 8. The molecule has 7 atom stereocenters. The minimum atomic E-state index is -1.50. The highest BCUT2D eigenvalue weighted by Crippen LogP contribution is 2.10. The largest absolute Gasteiger partial charge is 0.481 e. The average Bonchev–Trinajstić information content (AvgIpc) is 3.07. The Kier molecular flexibility index (Phi) is 23.9. The zero-order valence-electron chi connectivity index (χ0n) is 31.3. The molecule has 0 aromatic heterocycles. The van der Waals surface area contributed by atoms with E-state index in [2.05, 4.69) is 49.5 Å². The summed E-state index contributed by atoms with van der Waals surface area (Å²) >= 11 is 4.12. The van der Waals surface area contributed by atoms with E-state index in [1.165, 1.54) is 6.92 Å². The summed E-state index contributed by atoms with van der Waals surface area (Å²) in [4.78, 5) is 106. The van der Waals surface area contributed by atoms with Crippen LogP contribution < -0.4 is 54.8 Å². The molecule has 0 saturated carbocycles. The van der Waals surface area contributed by atoms with Gasteiger partial charge in [-0.3, -0.25) is 43.3 Å². The van der Waals surface area contributed by atoms with E-state index in [1.54, 1.807) is 13.8 Å². The number of amides is 7. The molecule has 0 unspecified atom stereocenters. The van der Waals surface area contributed by atoms with Gasteiger partial charge in [-0.15, -0.1) is 0 Å². The van der Waals surface area contributed by atoms with Crippen LogP contribution in [0.15, 0.2) is 4.99 Å². The topological polar surface area (TPSA) is 366 Å². The number of thiol groups is 1. The van der Waals surface area contributed by atoms with Crippen LogP contribution in [-0.2, 0) is 38.4 Å². The molecule has 0 rings (SSSR count). The molecule has 0 heterocycles. The lowest BCUT2D eigenvalue weighted by Gasteiger charge is -2.28. The molecule has 16 N–H and O–H groups in total. The second kappa shape index (κ2) is 26.1. The molecule has 0 spiro atoms. The summed E-state index contributed by atoms with van der Waals surface area (Å²) in [5.74, 6) is -7.59. The third-order valence-electron chi connectivity index (χ3n) is 7.74. The number of aliphatic hydroxyl groups excluding tert-OH is 1. The molecular formula is C32H59N11O10S. The second-order valence-electron chi connectivity index (χ2n) is 13.1. The van der Waals surface area contributed by atoms with Crippen LogP contribution in [0, 0.1) is 5.92 Å². The standard InChI is InChI=1S/C32H59N11O10S/c1-16(2)14-22(29(51)39-19(26(34)48)9-7-13-37-32(35)36)42-28(50)21(10-11-24(46)47)41-27(49)20(8-5-6-12-33)40-30(52)23(15-54)43-31(53)25(17(3)44)38-18(4)45/h16-17,19-23,25,44,54H,5-15,33H2,1-4H3,(H2,34,48)(H,38,45)(H,39,51)(H,40,52)(H,41,49)(H,42,50)(H,43,53)(H,46,47)(H4,35,36,37)/t17-,19+,20+,21+,22+,23+,25+/m1/s1. The molecule has 21 nitrogen and oxygen atoms in total. The SMILES string of the molecule is CC(=O)N[C@H](C(=O)N[C@@H](CS)C(=O)N[C@@H](CCCCN)C(=O)N[C@@H](CCC(=O)O)C(=O)N[C@@H](CC(C)C)C(=O)N[C@@H](CCCN=C(N)N)C(N)=O)[C@@H](C)O. The van der Waals surface area contributed by atoms with E-state index < -0.39 is 103 Å². The minimum absolute atomic E-state index is 0.0214. The van der Waals surface area contributed by atoms with Crippen LogP contribution in [0.5, 0.6) is 0 Å². The molecule has 0 aliphatic carbocycles. The van der Waals surface area contributed by atoms with Gasteiger partial charge in [0.2, 0.25) is 41.4 Å². The van der Waals surface area contributed by atoms with E-state index in [0.29, 0.717) is 19.3 Å². The van der Waals surface area contributed by atoms with Crippen LogP contribution in [0.25, 0.3) is 0 Å². The predicted molar refractivity (Wildman–Crippen MR) is 201 cm³/mol. The van der Waals surface area contributed by atoms with Crippen LogP contribution in [0.2, 0.25) is 0 Å². The monoisotopic (exact) mass is 789 g/mol. The summed E-state index contributed by atoms with van der Waals surface area (Å²) in [6.45, 7) is 6.38. The number of hydrogen-bond acceptors (Lipinski definition) is 12. The first-order chi connectivity index (χ1) is 25.2. The number of nitrogens with two attached hydrogens (primary N) is 4. The van der Waals surface area contributed by atoms with Crippen molar-refractivity contribution in [2.24, 2.45) is 33.8 Å².